The van der Waals surface area contributed by atoms with Crippen LogP contribution >= 0.6 is 0 Å². The summed E-state index contributed by atoms with van der Waals surface area (Å²) in [7, 11) is 1.64. The molecule has 0 radical (unpaired) electrons. The summed E-state index contributed by atoms with van der Waals surface area (Å²) in [6, 6.07) is 10.0. The Morgan fingerprint density at radius 1 is 1.06 bits per heavy atom. The van der Waals surface area contributed by atoms with Crippen LogP contribution in [0.2, 0.25) is 0 Å². The third-order valence-corrected chi connectivity index (χ3v) is 5.23. The van der Waals surface area contributed by atoms with Crippen LogP contribution in [0.5, 0.6) is 11.5 Å². The molecule has 0 bridgehead atoms. The first kappa shape index (κ1) is 22.7. The Labute approximate surface area is 185 Å². The number of nitrogens with zero attached hydrogens (tertiary/aromatic N) is 3. The molecule has 0 unspecified atom stereocenters. The van der Waals surface area contributed by atoms with Gasteiger partial charge in [0.1, 0.15) is 5.82 Å². The molecule has 1 aromatic heterocycles. The van der Waals surface area contributed by atoms with Crippen molar-refractivity contribution < 1.29 is 9.47 Å². The van der Waals surface area contributed by atoms with Gasteiger partial charge in [0.2, 0.25) is 0 Å². The molecule has 7 heteroatoms. The molecule has 2 heterocycles. The number of pyridine rings is 1. The van der Waals surface area contributed by atoms with E-state index in [1.807, 2.05) is 38.2 Å². The van der Waals surface area contributed by atoms with E-state index in [2.05, 4.69) is 32.7 Å². The number of hydrogen-bond donors (Lipinski definition) is 2. The number of aromatic nitrogens is 1. The minimum Gasteiger partial charge on any atom is -0.493 e. The van der Waals surface area contributed by atoms with E-state index in [-0.39, 0.29) is 0 Å². The molecule has 1 aliphatic rings. The van der Waals surface area contributed by atoms with Gasteiger partial charge in [-0.05, 0) is 50.5 Å². The van der Waals surface area contributed by atoms with Gasteiger partial charge in [-0.25, -0.2) is 9.98 Å². The van der Waals surface area contributed by atoms with E-state index in [1.165, 1.54) is 25.7 Å². The third-order valence-electron chi connectivity index (χ3n) is 5.23. The molecule has 3 rings (SSSR count). The predicted octanol–water partition coefficient (Wildman–Crippen LogP) is 4.45. The standard InChI is InChI=1S/C24H35N5O2/c1-4-25-24(28-20-11-12-21(31-5-2)22(16-20)30-3)27-18-19-10-13-23(26-17-19)29-14-8-6-7-9-15-29/h10-13,16-17H,4-9,14-15,18H2,1-3H3,(H2,25,27,28). The molecule has 0 amide bonds. The number of aliphatic imine (C=N–C) groups is 1. The lowest BCUT2D eigenvalue weighted by Gasteiger charge is -2.21. The summed E-state index contributed by atoms with van der Waals surface area (Å²) in [4.78, 5) is 11.8. The number of rotatable bonds is 8. The molecule has 0 spiro atoms. The van der Waals surface area contributed by atoms with Crippen LogP contribution in [0.4, 0.5) is 11.5 Å². The van der Waals surface area contributed by atoms with Gasteiger partial charge in [-0.3, -0.25) is 0 Å². The van der Waals surface area contributed by atoms with Crippen molar-refractivity contribution >= 4 is 17.5 Å². The zero-order valence-corrected chi connectivity index (χ0v) is 19.0. The molecule has 0 atom stereocenters. The van der Waals surface area contributed by atoms with Crippen molar-refractivity contribution in [1.82, 2.24) is 10.3 Å². The molecule has 1 fully saturated rings. The number of nitrogens with one attached hydrogen (secondary N) is 2. The molecule has 1 saturated heterocycles. The van der Waals surface area contributed by atoms with Crippen molar-refractivity contribution in [3.8, 4) is 11.5 Å². The quantitative estimate of drug-likeness (QED) is 0.481. The molecule has 1 aromatic carbocycles. The molecule has 0 saturated carbocycles. The topological polar surface area (TPSA) is 71.0 Å². The van der Waals surface area contributed by atoms with Gasteiger partial charge in [0.15, 0.2) is 17.5 Å². The normalized spacial score (nSPS) is 14.7. The van der Waals surface area contributed by atoms with E-state index < -0.39 is 0 Å². The van der Waals surface area contributed by atoms with Crippen molar-refractivity contribution in [1.29, 1.82) is 0 Å². The first-order chi connectivity index (χ1) is 15.2. The molecular formula is C24H35N5O2. The molecule has 1 aliphatic heterocycles. The van der Waals surface area contributed by atoms with Crippen LogP contribution < -0.4 is 25.0 Å². The summed E-state index contributed by atoms with van der Waals surface area (Å²) >= 11 is 0. The zero-order chi connectivity index (χ0) is 21.9. The fraction of sp³-hybridized carbons (Fsp3) is 0.500. The largest absolute Gasteiger partial charge is 0.493 e. The van der Waals surface area contributed by atoms with Crippen molar-refractivity contribution in [2.75, 3.05) is 43.6 Å². The van der Waals surface area contributed by atoms with E-state index in [4.69, 9.17) is 14.5 Å². The summed E-state index contributed by atoms with van der Waals surface area (Å²) in [5.74, 6) is 3.20. The Balaban J connectivity index is 1.65. The highest BCUT2D eigenvalue weighted by molar-refractivity contribution is 5.93. The Morgan fingerprint density at radius 3 is 2.52 bits per heavy atom. The van der Waals surface area contributed by atoms with Crippen LogP contribution in [0.25, 0.3) is 0 Å². The Morgan fingerprint density at radius 2 is 1.87 bits per heavy atom. The lowest BCUT2D eigenvalue weighted by molar-refractivity contribution is 0.311. The van der Waals surface area contributed by atoms with Crippen LogP contribution in [0.3, 0.4) is 0 Å². The maximum absolute atomic E-state index is 5.59. The summed E-state index contributed by atoms with van der Waals surface area (Å²) in [6.45, 7) is 8.13. The first-order valence-electron chi connectivity index (χ1n) is 11.3. The van der Waals surface area contributed by atoms with Gasteiger partial charge in [0.25, 0.3) is 0 Å². The van der Waals surface area contributed by atoms with Crippen molar-refractivity contribution in [3.63, 3.8) is 0 Å². The number of guanidine groups is 1. The smallest absolute Gasteiger partial charge is 0.196 e. The molecule has 168 valence electrons. The molecule has 0 aliphatic carbocycles. The number of methoxy groups -OCH3 is 1. The van der Waals surface area contributed by atoms with Gasteiger partial charge >= 0.3 is 0 Å². The van der Waals surface area contributed by atoms with Crippen molar-refractivity contribution in [2.24, 2.45) is 4.99 Å². The predicted molar refractivity (Wildman–Crippen MR) is 128 cm³/mol. The SMILES string of the molecule is CCNC(=NCc1ccc(N2CCCCCC2)nc1)Nc1ccc(OCC)c(OC)c1. The van der Waals surface area contributed by atoms with Gasteiger partial charge in [-0.1, -0.05) is 18.9 Å². The minimum atomic E-state index is 0.552. The maximum atomic E-state index is 5.59. The average molecular weight is 426 g/mol. The number of anilines is 2. The van der Waals surface area contributed by atoms with Crippen molar-refractivity contribution in [3.05, 3.63) is 42.1 Å². The molecular weight excluding hydrogens is 390 g/mol. The van der Waals surface area contributed by atoms with Crippen LogP contribution in [0, 0.1) is 0 Å². The average Bonchev–Trinajstić information content (AvgIpc) is 3.09. The Bertz CT molecular complexity index is 830. The van der Waals surface area contributed by atoms with Gasteiger partial charge in [0.05, 0.1) is 20.3 Å². The van der Waals surface area contributed by atoms with Gasteiger partial charge in [-0.15, -0.1) is 0 Å². The molecule has 31 heavy (non-hydrogen) atoms. The third kappa shape index (κ3) is 6.77. The van der Waals surface area contributed by atoms with E-state index in [9.17, 15) is 0 Å². The van der Waals surface area contributed by atoms with Gasteiger partial charge in [-0.2, -0.15) is 0 Å². The summed E-state index contributed by atoms with van der Waals surface area (Å²) < 4.78 is 11.0. The molecule has 2 N–H and O–H groups in total. The highest BCUT2D eigenvalue weighted by Gasteiger charge is 2.11. The van der Waals surface area contributed by atoms with Crippen molar-refractivity contribution in [2.45, 2.75) is 46.1 Å². The van der Waals surface area contributed by atoms with Crippen LogP contribution in [0.15, 0.2) is 41.5 Å². The first-order valence-corrected chi connectivity index (χ1v) is 11.3. The maximum Gasteiger partial charge on any atom is 0.196 e. The van der Waals surface area contributed by atoms with Crippen LogP contribution in [-0.4, -0.2) is 44.3 Å². The van der Waals surface area contributed by atoms with E-state index >= 15 is 0 Å². The number of benzene rings is 1. The lowest BCUT2D eigenvalue weighted by Crippen LogP contribution is -2.30. The summed E-state index contributed by atoms with van der Waals surface area (Å²) in [5.41, 5.74) is 1.97. The van der Waals surface area contributed by atoms with E-state index in [1.54, 1.807) is 7.11 Å². The summed E-state index contributed by atoms with van der Waals surface area (Å²) in [6.07, 6.45) is 7.09. The van der Waals surface area contributed by atoms with Gasteiger partial charge < -0.3 is 25.0 Å². The number of ether oxygens (including phenoxy) is 2. The second kappa shape index (κ2) is 12.0. The highest BCUT2D eigenvalue weighted by atomic mass is 16.5. The molecule has 2 aromatic rings. The minimum absolute atomic E-state index is 0.552. The summed E-state index contributed by atoms with van der Waals surface area (Å²) in [5, 5.41) is 6.63. The monoisotopic (exact) mass is 425 g/mol. The second-order valence-electron chi connectivity index (χ2n) is 7.54. The van der Waals surface area contributed by atoms with Gasteiger partial charge in [0, 0.05) is 37.6 Å². The highest BCUT2D eigenvalue weighted by Crippen LogP contribution is 2.30. The lowest BCUT2D eigenvalue weighted by atomic mass is 10.2. The van der Waals surface area contributed by atoms with E-state index in [0.29, 0.717) is 24.9 Å². The van der Waals surface area contributed by atoms with Crippen LogP contribution in [-0.2, 0) is 6.54 Å². The zero-order valence-electron chi connectivity index (χ0n) is 19.0. The number of hydrogen-bond acceptors (Lipinski definition) is 5. The Kier molecular flexibility index (Phi) is 8.82. The second-order valence-corrected chi connectivity index (χ2v) is 7.54. The van der Waals surface area contributed by atoms with Crippen LogP contribution in [0.1, 0.15) is 45.1 Å². The fourth-order valence-corrected chi connectivity index (χ4v) is 3.63. The Hall–Kier alpha value is -2.96. The van der Waals surface area contributed by atoms with E-state index in [0.717, 1.165) is 42.5 Å². The fourth-order valence-electron chi connectivity index (χ4n) is 3.63. The molecule has 7 nitrogen and oxygen atoms in total.